The first-order valence-electron chi connectivity index (χ1n) is 15.3. The zero-order valence-electron chi connectivity index (χ0n) is 25.9. The molecule has 1 unspecified atom stereocenters. The minimum Gasteiger partial charge on any atom is -0.445 e. The summed E-state index contributed by atoms with van der Waals surface area (Å²) in [5.74, 6) is -0.348. The standard InChI is InChI=1S/C39H36N2O5S/c42-36(28-40(26-31-16-6-1-7-17-31)38(43)45-29-33-20-10-3-11-21-33)37(47-35-24-14-5-15-25-35)41(27-32-18-8-2-9-19-32)39(44)46-30-34-22-12-4-13-23-34/h1-25,37H,26-30H2. The normalized spacial score (nSPS) is 11.2. The van der Waals surface area contributed by atoms with Crippen LogP contribution in [0.2, 0.25) is 0 Å². The van der Waals surface area contributed by atoms with E-state index in [0.29, 0.717) is 0 Å². The molecule has 5 aromatic rings. The fourth-order valence-electron chi connectivity index (χ4n) is 4.82. The Morgan fingerprint density at radius 3 is 1.40 bits per heavy atom. The van der Waals surface area contributed by atoms with Crippen molar-refractivity contribution >= 4 is 29.7 Å². The second-order valence-electron chi connectivity index (χ2n) is 10.8. The Kier molecular flexibility index (Phi) is 12.2. The van der Waals surface area contributed by atoms with Gasteiger partial charge in [-0.2, -0.15) is 0 Å². The summed E-state index contributed by atoms with van der Waals surface area (Å²) in [5.41, 5.74) is 3.33. The molecule has 2 amide bonds. The Labute approximate surface area is 279 Å². The number of carbonyl (C=O) groups excluding carboxylic acids is 3. The van der Waals surface area contributed by atoms with Crippen LogP contribution >= 0.6 is 11.8 Å². The summed E-state index contributed by atoms with van der Waals surface area (Å²) in [6.07, 6.45) is -1.27. The van der Waals surface area contributed by atoms with Crippen molar-refractivity contribution < 1.29 is 23.9 Å². The number of ether oxygens (including phenoxy) is 2. The highest BCUT2D eigenvalue weighted by Crippen LogP contribution is 2.29. The Morgan fingerprint density at radius 1 is 0.511 bits per heavy atom. The van der Waals surface area contributed by atoms with Crippen molar-refractivity contribution in [3.8, 4) is 0 Å². The highest BCUT2D eigenvalue weighted by Gasteiger charge is 2.34. The van der Waals surface area contributed by atoms with Crippen molar-refractivity contribution in [2.45, 2.75) is 36.6 Å². The molecule has 47 heavy (non-hydrogen) atoms. The second kappa shape index (κ2) is 17.4. The molecule has 0 aromatic heterocycles. The van der Waals surface area contributed by atoms with E-state index in [0.717, 1.165) is 27.1 Å². The minimum atomic E-state index is -1.01. The van der Waals surface area contributed by atoms with E-state index in [4.69, 9.17) is 9.47 Å². The maximum absolute atomic E-state index is 14.4. The van der Waals surface area contributed by atoms with Crippen LogP contribution in [-0.2, 0) is 40.6 Å². The van der Waals surface area contributed by atoms with Crippen LogP contribution in [0, 0.1) is 0 Å². The maximum atomic E-state index is 14.4. The molecule has 0 spiro atoms. The van der Waals surface area contributed by atoms with Gasteiger partial charge < -0.3 is 9.47 Å². The highest BCUT2D eigenvalue weighted by atomic mass is 32.2. The van der Waals surface area contributed by atoms with Gasteiger partial charge in [-0.3, -0.25) is 14.6 Å². The average molecular weight is 645 g/mol. The summed E-state index contributed by atoms with van der Waals surface area (Å²) in [6, 6.07) is 47.1. The number of amides is 2. The van der Waals surface area contributed by atoms with Crippen molar-refractivity contribution in [3.05, 3.63) is 174 Å². The van der Waals surface area contributed by atoms with Crippen LogP contribution in [0.4, 0.5) is 9.59 Å². The molecule has 0 aliphatic rings. The molecule has 0 radical (unpaired) electrons. The van der Waals surface area contributed by atoms with Crippen LogP contribution in [0.15, 0.2) is 157 Å². The smallest absolute Gasteiger partial charge is 0.411 e. The molecule has 5 rings (SSSR count). The van der Waals surface area contributed by atoms with E-state index in [1.165, 1.54) is 21.6 Å². The van der Waals surface area contributed by atoms with Crippen LogP contribution in [0.5, 0.6) is 0 Å². The van der Waals surface area contributed by atoms with Gasteiger partial charge >= 0.3 is 12.2 Å². The summed E-state index contributed by atoms with van der Waals surface area (Å²) in [4.78, 5) is 45.4. The molecule has 1 atom stereocenters. The molecule has 238 valence electrons. The van der Waals surface area contributed by atoms with Gasteiger partial charge in [0.1, 0.15) is 18.6 Å². The number of benzene rings is 5. The maximum Gasteiger partial charge on any atom is 0.411 e. The summed E-state index contributed by atoms with van der Waals surface area (Å²) in [7, 11) is 0. The summed E-state index contributed by atoms with van der Waals surface area (Å²) >= 11 is 1.24. The first kappa shape index (κ1) is 33.0. The third kappa shape index (κ3) is 10.3. The van der Waals surface area contributed by atoms with Gasteiger partial charge in [-0.05, 0) is 34.4 Å². The summed E-state index contributed by atoms with van der Waals surface area (Å²) in [6.45, 7) is 0.104. The quantitative estimate of drug-likeness (QED) is 0.0894. The lowest BCUT2D eigenvalue weighted by atomic mass is 10.2. The predicted molar refractivity (Wildman–Crippen MR) is 183 cm³/mol. The lowest BCUT2D eigenvalue weighted by Gasteiger charge is -2.31. The number of ketones is 1. The van der Waals surface area contributed by atoms with E-state index in [9.17, 15) is 14.4 Å². The highest BCUT2D eigenvalue weighted by molar-refractivity contribution is 8.00. The van der Waals surface area contributed by atoms with E-state index < -0.39 is 17.6 Å². The zero-order valence-corrected chi connectivity index (χ0v) is 26.7. The van der Waals surface area contributed by atoms with Gasteiger partial charge in [0, 0.05) is 11.4 Å². The molecule has 5 aromatic carbocycles. The van der Waals surface area contributed by atoms with E-state index in [-0.39, 0.29) is 38.6 Å². The molecule has 7 nitrogen and oxygen atoms in total. The van der Waals surface area contributed by atoms with E-state index in [1.54, 1.807) is 0 Å². The van der Waals surface area contributed by atoms with Crippen LogP contribution in [0.3, 0.4) is 0 Å². The second-order valence-corrected chi connectivity index (χ2v) is 11.9. The first-order chi connectivity index (χ1) is 23.0. The van der Waals surface area contributed by atoms with Crippen LogP contribution in [0.25, 0.3) is 0 Å². The Morgan fingerprint density at radius 2 is 0.915 bits per heavy atom. The van der Waals surface area contributed by atoms with Gasteiger partial charge in [0.2, 0.25) is 0 Å². The zero-order chi connectivity index (χ0) is 32.7. The van der Waals surface area contributed by atoms with Gasteiger partial charge in [-0.25, -0.2) is 9.59 Å². The van der Waals surface area contributed by atoms with Crippen molar-refractivity contribution in [2.75, 3.05) is 6.54 Å². The van der Waals surface area contributed by atoms with Crippen LogP contribution < -0.4 is 0 Å². The topological polar surface area (TPSA) is 76.2 Å². The number of Topliss-reactive ketones (excluding diaryl/α,β-unsaturated/α-hetero) is 1. The fraction of sp³-hybridized carbons (Fsp3) is 0.154. The van der Waals surface area contributed by atoms with Crippen LogP contribution in [0.1, 0.15) is 22.3 Å². The number of thioether (sulfide) groups is 1. The molecule has 0 aliphatic heterocycles. The molecule has 0 N–H and O–H groups in total. The van der Waals surface area contributed by atoms with Gasteiger partial charge in [0.25, 0.3) is 0 Å². The molecule has 0 bridgehead atoms. The predicted octanol–water partition coefficient (Wildman–Crippen LogP) is 8.35. The van der Waals surface area contributed by atoms with Crippen molar-refractivity contribution in [1.29, 1.82) is 0 Å². The molecule has 8 heteroatoms. The van der Waals surface area contributed by atoms with E-state index in [2.05, 4.69) is 0 Å². The average Bonchev–Trinajstić information content (AvgIpc) is 3.13. The van der Waals surface area contributed by atoms with Crippen molar-refractivity contribution in [3.63, 3.8) is 0 Å². The van der Waals surface area contributed by atoms with Gasteiger partial charge in [-0.15, -0.1) is 0 Å². The monoisotopic (exact) mass is 644 g/mol. The third-order valence-electron chi connectivity index (χ3n) is 7.21. The van der Waals surface area contributed by atoms with E-state index >= 15 is 0 Å². The lowest BCUT2D eigenvalue weighted by Crippen LogP contribution is -2.47. The lowest BCUT2D eigenvalue weighted by molar-refractivity contribution is -0.122. The molecule has 0 heterocycles. The number of hydrogen-bond donors (Lipinski definition) is 0. The minimum absolute atomic E-state index is 0.0494. The molecular formula is C39H36N2O5S. The fourth-order valence-corrected chi connectivity index (χ4v) is 5.89. The number of hydrogen-bond acceptors (Lipinski definition) is 6. The van der Waals surface area contributed by atoms with Gasteiger partial charge in [0.15, 0.2) is 5.78 Å². The van der Waals surface area contributed by atoms with Crippen molar-refractivity contribution in [1.82, 2.24) is 9.80 Å². The first-order valence-corrected chi connectivity index (χ1v) is 16.2. The Balaban J connectivity index is 1.43. The third-order valence-corrected chi connectivity index (χ3v) is 8.50. The van der Waals surface area contributed by atoms with Gasteiger partial charge in [0.05, 0.1) is 13.1 Å². The SMILES string of the molecule is O=C(CN(Cc1ccccc1)C(=O)OCc1ccccc1)C(Sc1ccccc1)N(Cc1ccccc1)C(=O)OCc1ccccc1. The molecule has 0 saturated heterocycles. The Hall–Kier alpha value is -5.34. The number of rotatable bonds is 14. The summed E-state index contributed by atoms with van der Waals surface area (Å²) < 4.78 is 11.5. The molecule has 0 aliphatic carbocycles. The largest absolute Gasteiger partial charge is 0.445 e. The Bertz CT molecular complexity index is 1690. The number of carbonyl (C=O) groups is 3. The molecule has 0 fully saturated rings. The van der Waals surface area contributed by atoms with E-state index in [1.807, 2.05) is 152 Å². The van der Waals surface area contributed by atoms with Gasteiger partial charge in [-0.1, -0.05) is 151 Å². The van der Waals surface area contributed by atoms with Crippen LogP contribution in [-0.4, -0.2) is 39.7 Å². The number of nitrogens with zero attached hydrogens (tertiary/aromatic N) is 2. The molecule has 0 saturated carbocycles. The van der Waals surface area contributed by atoms with Crippen molar-refractivity contribution in [2.24, 2.45) is 0 Å². The molecular weight excluding hydrogens is 609 g/mol. The summed E-state index contributed by atoms with van der Waals surface area (Å²) in [5, 5.41) is -1.01.